The number of rotatable bonds is 3. The SMILES string of the molecule is CCOc1cc(C(=O)N2CCNC[C@H]2C)ccc1C. The highest BCUT2D eigenvalue weighted by Gasteiger charge is 2.24. The van der Waals surface area contributed by atoms with E-state index in [0.29, 0.717) is 12.2 Å². The fourth-order valence-electron chi connectivity index (χ4n) is 2.35. The number of aryl methyl sites for hydroxylation is 1. The van der Waals surface area contributed by atoms with E-state index in [1.54, 1.807) is 0 Å². The van der Waals surface area contributed by atoms with Gasteiger partial charge in [0.2, 0.25) is 0 Å². The molecule has 1 fully saturated rings. The van der Waals surface area contributed by atoms with Crippen LogP contribution in [0, 0.1) is 6.92 Å². The molecule has 104 valence electrons. The van der Waals surface area contributed by atoms with Crippen LogP contribution in [0.3, 0.4) is 0 Å². The highest BCUT2D eigenvalue weighted by atomic mass is 16.5. The number of carbonyl (C=O) groups is 1. The molecule has 0 saturated carbocycles. The average Bonchev–Trinajstić information content (AvgIpc) is 2.41. The topological polar surface area (TPSA) is 41.6 Å². The molecule has 0 radical (unpaired) electrons. The molecule has 1 aliphatic rings. The third-order valence-corrected chi connectivity index (χ3v) is 3.50. The molecule has 1 amide bonds. The van der Waals surface area contributed by atoms with Crippen molar-refractivity contribution in [3.8, 4) is 5.75 Å². The van der Waals surface area contributed by atoms with Crippen LogP contribution in [0.1, 0.15) is 29.8 Å². The maximum absolute atomic E-state index is 12.5. The first-order chi connectivity index (χ1) is 9.13. The summed E-state index contributed by atoms with van der Waals surface area (Å²) in [7, 11) is 0. The van der Waals surface area contributed by atoms with Crippen LogP contribution in [-0.4, -0.2) is 43.1 Å². The first kappa shape index (κ1) is 13.9. The first-order valence-corrected chi connectivity index (χ1v) is 6.88. The fourth-order valence-corrected chi connectivity index (χ4v) is 2.35. The average molecular weight is 262 g/mol. The van der Waals surface area contributed by atoms with Crippen molar-refractivity contribution >= 4 is 5.91 Å². The minimum Gasteiger partial charge on any atom is -0.494 e. The maximum atomic E-state index is 12.5. The Labute approximate surface area is 114 Å². The van der Waals surface area contributed by atoms with Gasteiger partial charge in [0.05, 0.1) is 6.61 Å². The zero-order valence-corrected chi connectivity index (χ0v) is 11.9. The zero-order chi connectivity index (χ0) is 13.8. The second-order valence-corrected chi connectivity index (χ2v) is 4.96. The zero-order valence-electron chi connectivity index (χ0n) is 11.9. The molecule has 0 unspecified atom stereocenters. The van der Waals surface area contributed by atoms with Crippen LogP contribution in [0.25, 0.3) is 0 Å². The Balaban J connectivity index is 2.20. The lowest BCUT2D eigenvalue weighted by Crippen LogP contribution is -2.52. The van der Waals surface area contributed by atoms with Gasteiger partial charge in [-0.25, -0.2) is 0 Å². The van der Waals surface area contributed by atoms with Gasteiger partial charge >= 0.3 is 0 Å². The Kier molecular flexibility index (Phi) is 4.43. The van der Waals surface area contributed by atoms with Crippen molar-refractivity contribution < 1.29 is 9.53 Å². The lowest BCUT2D eigenvalue weighted by molar-refractivity contribution is 0.0655. The van der Waals surface area contributed by atoms with Crippen molar-refractivity contribution in [2.45, 2.75) is 26.8 Å². The summed E-state index contributed by atoms with van der Waals surface area (Å²) in [5, 5.41) is 3.29. The second kappa shape index (κ2) is 6.06. The number of nitrogens with zero attached hydrogens (tertiary/aromatic N) is 1. The van der Waals surface area contributed by atoms with Crippen LogP contribution in [-0.2, 0) is 0 Å². The second-order valence-electron chi connectivity index (χ2n) is 4.96. The van der Waals surface area contributed by atoms with Crippen LogP contribution in [0.15, 0.2) is 18.2 Å². The summed E-state index contributed by atoms with van der Waals surface area (Å²) in [5.41, 5.74) is 1.77. The van der Waals surface area contributed by atoms with Crippen LogP contribution in [0.5, 0.6) is 5.75 Å². The van der Waals surface area contributed by atoms with E-state index < -0.39 is 0 Å². The van der Waals surface area contributed by atoms with Gasteiger partial charge in [0.1, 0.15) is 5.75 Å². The number of benzene rings is 1. The Morgan fingerprint density at radius 3 is 3.00 bits per heavy atom. The Hall–Kier alpha value is -1.55. The molecule has 1 saturated heterocycles. The van der Waals surface area contributed by atoms with Gasteiger partial charge in [-0.15, -0.1) is 0 Å². The van der Waals surface area contributed by atoms with Crippen molar-refractivity contribution in [1.29, 1.82) is 0 Å². The predicted octanol–water partition coefficient (Wildman–Crippen LogP) is 1.83. The smallest absolute Gasteiger partial charge is 0.254 e. The minimum atomic E-state index is 0.0925. The number of ether oxygens (including phenoxy) is 1. The third kappa shape index (κ3) is 3.07. The molecule has 4 heteroatoms. The first-order valence-electron chi connectivity index (χ1n) is 6.88. The Morgan fingerprint density at radius 1 is 1.53 bits per heavy atom. The maximum Gasteiger partial charge on any atom is 0.254 e. The Morgan fingerprint density at radius 2 is 2.32 bits per heavy atom. The van der Waals surface area contributed by atoms with Gasteiger partial charge in [-0.1, -0.05) is 6.07 Å². The molecule has 1 aromatic carbocycles. The van der Waals surface area contributed by atoms with Crippen molar-refractivity contribution in [2.24, 2.45) is 0 Å². The number of hydrogen-bond acceptors (Lipinski definition) is 3. The Bertz CT molecular complexity index is 459. The third-order valence-electron chi connectivity index (χ3n) is 3.50. The van der Waals surface area contributed by atoms with Gasteiger partial charge in [-0.3, -0.25) is 4.79 Å². The molecule has 0 spiro atoms. The lowest BCUT2D eigenvalue weighted by atomic mass is 10.1. The molecule has 4 nitrogen and oxygen atoms in total. The molecule has 0 bridgehead atoms. The van der Waals surface area contributed by atoms with Crippen LogP contribution < -0.4 is 10.1 Å². The standard InChI is InChI=1S/C15H22N2O2/c1-4-19-14-9-13(6-5-11(14)2)15(18)17-8-7-16-10-12(17)3/h5-6,9,12,16H,4,7-8,10H2,1-3H3/t12-/m1/s1. The minimum absolute atomic E-state index is 0.0925. The van der Waals surface area contributed by atoms with Gasteiger partial charge < -0.3 is 15.0 Å². The number of hydrogen-bond donors (Lipinski definition) is 1. The largest absolute Gasteiger partial charge is 0.494 e. The highest BCUT2D eigenvalue weighted by molar-refractivity contribution is 5.95. The van der Waals surface area contributed by atoms with Crippen molar-refractivity contribution in [3.63, 3.8) is 0 Å². The van der Waals surface area contributed by atoms with E-state index >= 15 is 0 Å². The normalized spacial score (nSPS) is 19.3. The van der Waals surface area contributed by atoms with Crippen LogP contribution in [0.4, 0.5) is 0 Å². The van der Waals surface area contributed by atoms with Crippen molar-refractivity contribution in [3.05, 3.63) is 29.3 Å². The molecule has 1 atom stereocenters. The van der Waals surface area contributed by atoms with E-state index in [1.807, 2.05) is 36.9 Å². The number of carbonyl (C=O) groups excluding carboxylic acids is 1. The fraction of sp³-hybridized carbons (Fsp3) is 0.533. The quantitative estimate of drug-likeness (QED) is 0.903. The van der Waals surface area contributed by atoms with Crippen LogP contribution >= 0.6 is 0 Å². The number of amides is 1. The molecule has 1 aliphatic heterocycles. The van der Waals surface area contributed by atoms with E-state index in [1.165, 1.54) is 0 Å². The molecule has 19 heavy (non-hydrogen) atoms. The lowest BCUT2D eigenvalue weighted by Gasteiger charge is -2.34. The van der Waals surface area contributed by atoms with E-state index in [0.717, 1.165) is 30.9 Å². The molecular weight excluding hydrogens is 240 g/mol. The monoisotopic (exact) mass is 262 g/mol. The molecule has 2 rings (SSSR count). The molecule has 0 aromatic heterocycles. The molecule has 1 heterocycles. The summed E-state index contributed by atoms with van der Waals surface area (Å²) in [5.74, 6) is 0.895. The van der Waals surface area contributed by atoms with E-state index in [9.17, 15) is 4.79 Å². The summed E-state index contributed by atoms with van der Waals surface area (Å²) in [4.78, 5) is 14.4. The van der Waals surface area contributed by atoms with Gasteiger partial charge in [-0.05, 0) is 38.5 Å². The molecular formula is C15H22N2O2. The summed E-state index contributed by atoms with van der Waals surface area (Å²) >= 11 is 0. The molecule has 0 aliphatic carbocycles. The van der Waals surface area contributed by atoms with Gasteiger partial charge in [-0.2, -0.15) is 0 Å². The van der Waals surface area contributed by atoms with Gasteiger partial charge in [0.15, 0.2) is 0 Å². The summed E-state index contributed by atoms with van der Waals surface area (Å²) in [6.07, 6.45) is 0. The number of nitrogens with one attached hydrogen (secondary N) is 1. The summed E-state index contributed by atoms with van der Waals surface area (Å²) < 4.78 is 5.56. The van der Waals surface area contributed by atoms with Crippen molar-refractivity contribution in [2.75, 3.05) is 26.2 Å². The highest BCUT2D eigenvalue weighted by Crippen LogP contribution is 2.21. The van der Waals surface area contributed by atoms with E-state index in [-0.39, 0.29) is 11.9 Å². The van der Waals surface area contributed by atoms with Crippen molar-refractivity contribution in [1.82, 2.24) is 10.2 Å². The molecule has 1 aromatic rings. The summed E-state index contributed by atoms with van der Waals surface area (Å²) in [6.45, 7) is 9.11. The predicted molar refractivity (Wildman–Crippen MR) is 75.7 cm³/mol. The van der Waals surface area contributed by atoms with E-state index in [4.69, 9.17) is 4.74 Å². The van der Waals surface area contributed by atoms with Gasteiger partial charge in [0, 0.05) is 31.2 Å². The number of piperazine rings is 1. The summed E-state index contributed by atoms with van der Waals surface area (Å²) in [6, 6.07) is 5.92. The van der Waals surface area contributed by atoms with E-state index in [2.05, 4.69) is 12.2 Å². The van der Waals surface area contributed by atoms with Gasteiger partial charge in [0.25, 0.3) is 5.91 Å². The molecule has 1 N–H and O–H groups in total. The van der Waals surface area contributed by atoms with Crippen LogP contribution in [0.2, 0.25) is 0 Å².